The number of anilines is 2. The number of hydrogen-bond acceptors (Lipinski definition) is 3. The topological polar surface area (TPSA) is 45.1 Å². The second-order valence-electron chi connectivity index (χ2n) is 7.49. The van der Waals surface area contributed by atoms with Gasteiger partial charge < -0.3 is 9.80 Å². The summed E-state index contributed by atoms with van der Waals surface area (Å²) in [5, 5.41) is 0. The summed E-state index contributed by atoms with van der Waals surface area (Å²) in [7, 11) is 0. The van der Waals surface area contributed by atoms with Gasteiger partial charge in [0.1, 0.15) is 0 Å². The van der Waals surface area contributed by atoms with Gasteiger partial charge in [0.2, 0.25) is 5.91 Å². The predicted octanol–water partition coefficient (Wildman–Crippen LogP) is 2.35. The minimum Gasteiger partial charge on any atom is -0.360 e. The molecule has 4 rings (SSSR count). The van der Waals surface area contributed by atoms with Gasteiger partial charge in [-0.25, -0.2) is 4.90 Å². The monoisotopic (exact) mass is 530 g/mol. The summed E-state index contributed by atoms with van der Waals surface area (Å²) in [6.07, 6.45) is -4.22. The van der Waals surface area contributed by atoms with Gasteiger partial charge in [-0.1, -0.05) is 6.07 Å². The van der Waals surface area contributed by atoms with Crippen molar-refractivity contribution in [1.82, 2.24) is 0 Å². The number of piperazine rings is 1. The molecule has 0 bridgehead atoms. The molecule has 2 aromatic carbocycles. The minimum absolute atomic E-state index is 0.156. The molecule has 1 atom stereocenters. The first-order chi connectivity index (χ1) is 14.2. The van der Waals surface area contributed by atoms with Crippen LogP contribution in [0.25, 0.3) is 0 Å². The zero-order chi connectivity index (χ0) is 21.5. The van der Waals surface area contributed by atoms with Crippen LogP contribution in [-0.4, -0.2) is 44.0 Å². The van der Waals surface area contributed by atoms with E-state index in [0.717, 1.165) is 20.6 Å². The Kier molecular flexibility index (Phi) is 5.75. The Labute approximate surface area is 185 Å². The number of halogens is 4. The molecular weight excluding hydrogens is 510 g/mol. The highest BCUT2D eigenvalue weighted by molar-refractivity contribution is 14.1. The van der Waals surface area contributed by atoms with Crippen LogP contribution < -0.4 is 14.7 Å². The molecule has 1 N–H and O–H groups in total. The van der Waals surface area contributed by atoms with Gasteiger partial charge in [-0.2, -0.15) is 13.2 Å². The molecule has 2 amide bonds. The smallest absolute Gasteiger partial charge is 0.360 e. The van der Waals surface area contributed by atoms with Crippen molar-refractivity contribution in [3.05, 3.63) is 57.7 Å². The summed E-state index contributed by atoms with van der Waals surface area (Å²) < 4.78 is 40.0. The fourth-order valence-electron chi connectivity index (χ4n) is 4.09. The second kappa shape index (κ2) is 8.18. The standard InChI is InChI=1S/C21H19F3IN3O2/c22-21(23,24)14-2-1-3-17(12-14)26-8-10-27(11-9-26)18-13-19(29)28(20(18)30)16-6-4-15(25)5-7-16/h1-7,12,18H,8-11,13H2/p+1/t18-/m0/s1. The van der Waals surface area contributed by atoms with Gasteiger partial charge in [0.25, 0.3) is 5.91 Å². The molecule has 0 spiro atoms. The third-order valence-electron chi connectivity index (χ3n) is 5.67. The number of carbonyl (C=O) groups excluding carboxylic acids is 2. The SMILES string of the molecule is O=C1C[C@H]([NH+]2CCN(c3cccc(C(F)(F)F)c3)CC2)C(=O)N1c1ccc(I)cc1. The number of quaternary nitrogens is 1. The van der Waals surface area contributed by atoms with Crippen LogP contribution >= 0.6 is 22.6 Å². The number of alkyl halides is 3. The van der Waals surface area contributed by atoms with E-state index in [1.54, 1.807) is 18.2 Å². The molecule has 2 heterocycles. The highest BCUT2D eigenvalue weighted by Crippen LogP contribution is 2.31. The van der Waals surface area contributed by atoms with Crippen molar-refractivity contribution in [1.29, 1.82) is 0 Å². The Bertz CT molecular complexity index is 957. The summed E-state index contributed by atoms with van der Waals surface area (Å²) in [4.78, 5) is 29.6. The molecule has 2 aliphatic rings. The zero-order valence-corrected chi connectivity index (χ0v) is 18.1. The molecule has 0 aliphatic carbocycles. The molecule has 9 heteroatoms. The van der Waals surface area contributed by atoms with E-state index >= 15 is 0 Å². The molecule has 2 fully saturated rings. The largest absolute Gasteiger partial charge is 0.416 e. The van der Waals surface area contributed by atoms with Crippen LogP contribution in [0.1, 0.15) is 12.0 Å². The van der Waals surface area contributed by atoms with Crippen molar-refractivity contribution in [2.75, 3.05) is 36.0 Å². The van der Waals surface area contributed by atoms with E-state index in [1.807, 2.05) is 17.0 Å². The van der Waals surface area contributed by atoms with E-state index in [4.69, 9.17) is 0 Å². The maximum absolute atomic E-state index is 13.0. The molecule has 158 valence electrons. The highest BCUT2D eigenvalue weighted by Gasteiger charge is 2.46. The Hall–Kier alpha value is -2.14. The van der Waals surface area contributed by atoms with Gasteiger partial charge >= 0.3 is 6.18 Å². The van der Waals surface area contributed by atoms with E-state index in [9.17, 15) is 22.8 Å². The van der Waals surface area contributed by atoms with Crippen LogP contribution in [0.5, 0.6) is 0 Å². The lowest BCUT2D eigenvalue weighted by molar-refractivity contribution is -0.915. The van der Waals surface area contributed by atoms with Gasteiger partial charge in [-0.15, -0.1) is 0 Å². The van der Waals surface area contributed by atoms with Crippen molar-refractivity contribution < 1.29 is 27.7 Å². The van der Waals surface area contributed by atoms with Crippen molar-refractivity contribution in [3.8, 4) is 0 Å². The van der Waals surface area contributed by atoms with E-state index in [-0.39, 0.29) is 18.2 Å². The average Bonchev–Trinajstić information content (AvgIpc) is 3.02. The Morgan fingerprint density at radius 1 is 0.967 bits per heavy atom. The van der Waals surface area contributed by atoms with Crippen LogP contribution in [-0.2, 0) is 15.8 Å². The molecule has 2 saturated heterocycles. The molecule has 5 nitrogen and oxygen atoms in total. The molecule has 0 aromatic heterocycles. The van der Waals surface area contributed by atoms with E-state index < -0.39 is 17.8 Å². The van der Waals surface area contributed by atoms with Crippen molar-refractivity contribution in [2.24, 2.45) is 0 Å². The fourth-order valence-corrected chi connectivity index (χ4v) is 4.45. The summed E-state index contributed by atoms with van der Waals surface area (Å²) in [5.74, 6) is -0.414. The molecule has 30 heavy (non-hydrogen) atoms. The first-order valence-corrected chi connectivity index (χ1v) is 10.7. The predicted molar refractivity (Wildman–Crippen MR) is 114 cm³/mol. The number of rotatable bonds is 3. The molecule has 2 aromatic rings. The molecule has 0 saturated carbocycles. The van der Waals surface area contributed by atoms with Crippen LogP contribution in [0, 0.1) is 3.57 Å². The Morgan fingerprint density at radius 2 is 1.63 bits per heavy atom. The van der Waals surface area contributed by atoms with Gasteiger partial charge in [0.15, 0.2) is 6.04 Å². The van der Waals surface area contributed by atoms with Crippen LogP contribution in [0.15, 0.2) is 48.5 Å². The average molecular weight is 530 g/mol. The summed E-state index contributed by atoms with van der Waals surface area (Å²) in [5.41, 5.74) is 0.438. The van der Waals surface area contributed by atoms with E-state index in [0.29, 0.717) is 37.6 Å². The Balaban J connectivity index is 1.43. The molecule has 0 radical (unpaired) electrons. The third kappa shape index (κ3) is 4.18. The number of hydrogen-bond donors (Lipinski definition) is 1. The maximum Gasteiger partial charge on any atom is 0.416 e. The molecular formula is C21H20F3IN3O2+. The van der Waals surface area contributed by atoms with E-state index in [2.05, 4.69) is 22.6 Å². The number of nitrogens with one attached hydrogen (secondary N) is 1. The van der Waals surface area contributed by atoms with Crippen LogP contribution in [0.2, 0.25) is 0 Å². The van der Waals surface area contributed by atoms with Gasteiger partial charge in [-0.05, 0) is 65.1 Å². The Morgan fingerprint density at radius 3 is 2.27 bits per heavy atom. The first-order valence-electron chi connectivity index (χ1n) is 9.63. The van der Waals surface area contributed by atoms with Gasteiger partial charge in [0, 0.05) is 9.26 Å². The highest BCUT2D eigenvalue weighted by atomic mass is 127. The third-order valence-corrected chi connectivity index (χ3v) is 6.39. The number of benzene rings is 2. The number of carbonyl (C=O) groups is 2. The first kappa shape index (κ1) is 21.1. The molecule has 2 aliphatic heterocycles. The van der Waals surface area contributed by atoms with Crippen molar-refractivity contribution in [3.63, 3.8) is 0 Å². The van der Waals surface area contributed by atoms with Crippen LogP contribution in [0.3, 0.4) is 0 Å². The van der Waals surface area contributed by atoms with Crippen molar-refractivity contribution in [2.45, 2.75) is 18.6 Å². The zero-order valence-electron chi connectivity index (χ0n) is 16.0. The molecule has 0 unspecified atom stereocenters. The quantitative estimate of drug-likeness (QED) is 0.490. The van der Waals surface area contributed by atoms with E-state index in [1.165, 1.54) is 11.0 Å². The number of amides is 2. The van der Waals surface area contributed by atoms with Crippen molar-refractivity contribution >= 4 is 45.8 Å². The second-order valence-corrected chi connectivity index (χ2v) is 8.74. The van der Waals surface area contributed by atoms with Crippen LogP contribution in [0.4, 0.5) is 24.5 Å². The lowest BCUT2D eigenvalue weighted by atomic mass is 10.1. The summed E-state index contributed by atoms with van der Waals surface area (Å²) >= 11 is 2.16. The number of nitrogens with zero attached hydrogens (tertiary/aromatic N) is 2. The summed E-state index contributed by atoms with van der Waals surface area (Å²) in [6, 6.07) is 12.1. The lowest BCUT2D eigenvalue weighted by Crippen LogP contribution is -3.19. The normalized spacial score (nSPS) is 20.9. The minimum atomic E-state index is -4.38. The van der Waals surface area contributed by atoms with Gasteiger partial charge in [0.05, 0.1) is 43.9 Å². The summed E-state index contributed by atoms with van der Waals surface area (Å²) in [6.45, 7) is 2.22. The maximum atomic E-state index is 13.0. The number of imide groups is 1. The van der Waals surface area contributed by atoms with Gasteiger partial charge in [-0.3, -0.25) is 9.59 Å². The lowest BCUT2D eigenvalue weighted by Gasteiger charge is -2.35. The fraction of sp³-hybridized carbons (Fsp3) is 0.333.